The zero-order valence-electron chi connectivity index (χ0n) is 24.8. The maximum absolute atomic E-state index is 14.4. The van der Waals surface area contributed by atoms with Crippen molar-refractivity contribution in [1.82, 2.24) is 8.54 Å². The Bertz CT molecular complexity index is 1640. The lowest BCUT2D eigenvalue weighted by molar-refractivity contribution is -0.143. The third-order valence-corrected chi connectivity index (χ3v) is 15.5. The summed E-state index contributed by atoms with van der Waals surface area (Å²) in [6.07, 6.45) is 2.10. The fourth-order valence-corrected chi connectivity index (χ4v) is 8.54. The molecule has 0 radical (unpaired) electrons. The van der Waals surface area contributed by atoms with Gasteiger partial charge in [-0.3, -0.25) is 4.79 Å². The number of rotatable bonds is 9. The number of para-hydroxylation sites is 1. The van der Waals surface area contributed by atoms with Gasteiger partial charge in [-0.2, -0.15) is 4.31 Å². The molecule has 218 valence electrons. The molecule has 0 aliphatic carbocycles. The standard InChI is InChI=1S/C32H39ClN2O4SSi/c1-8-39-30(36)22-34(40(37,38)26-19-13-23(2)14-20-26)31(24-15-17-25(33)18-16-24)28-21-35(41(6,7)32(3,4)5)29-12-10-9-11-27(28)29/h9-21,31H,8,22H2,1-7H3. The number of halogens is 1. The summed E-state index contributed by atoms with van der Waals surface area (Å²) in [5.41, 5.74) is 3.48. The van der Waals surface area contributed by atoms with E-state index >= 15 is 0 Å². The molecule has 0 aliphatic heterocycles. The van der Waals surface area contributed by atoms with Crippen molar-refractivity contribution in [3.05, 3.63) is 101 Å². The lowest BCUT2D eigenvalue weighted by atomic mass is 9.98. The summed E-state index contributed by atoms with van der Waals surface area (Å²) in [5, 5.41) is 1.49. The molecule has 0 bridgehead atoms. The van der Waals surface area contributed by atoms with Crippen molar-refractivity contribution in [2.24, 2.45) is 0 Å². The van der Waals surface area contributed by atoms with Crippen LogP contribution in [0.25, 0.3) is 10.9 Å². The van der Waals surface area contributed by atoms with Gasteiger partial charge in [-0.25, -0.2) is 8.42 Å². The zero-order chi connectivity index (χ0) is 30.2. The molecule has 6 nitrogen and oxygen atoms in total. The van der Waals surface area contributed by atoms with Crippen LogP contribution in [-0.2, 0) is 19.6 Å². The van der Waals surface area contributed by atoms with Gasteiger partial charge in [0.25, 0.3) is 0 Å². The zero-order valence-corrected chi connectivity index (χ0v) is 27.4. The molecule has 0 N–H and O–H groups in total. The van der Waals surface area contributed by atoms with Crippen LogP contribution in [0.1, 0.15) is 50.4 Å². The summed E-state index contributed by atoms with van der Waals surface area (Å²) in [6, 6.07) is 21.1. The summed E-state index contributed by atoms with van der Waals surface area (Å²) in [7, 11) is -6.30. The molecule has 1 unspecified atom stereocenters. The number of aryl methyl sites for hydroxylation is 1. The SMILES string of the molecule is CCOC(=O)CN(C(c1ccc(Cl)cc1)c1cn([Si](C)(C)C(C)(C)C)c2ccccc12)S(=O)(=O)c1ccc(C)cc1. The number of ether oxygens (including phenoxy) is 1. The van der Waals surface area contributed by atoms with Crippen LogP contribution in [-0.4, -0.2) is 44.3 Å². The van der Waals surface area contributed by atoms with Crippen LogP contribution in [0.3, 0.4) is 0 Å². The van der Waals surface area contributed by atoms with Gasteiger partial charge < -0.3 is 8.97 Å². The summed E-state index contributed by atoms with van der Waals surface area (Å²) in [6.45, 7) is 14.7. The minimum absolute atomic E-state index is 0.0143. The van der Waals surface area contributed by atoms with E-state index in [0.717, 1.165) is 22.0 Å². The molecule has 4 rings (SSSR count). The number of nitrogens with zero attached hydrogens (tertiary/aromatic N) is 2. The van der Waals surface area contributed by atoms with Gasteiger partial charge >= 0.3 is 5.97 Å². The highest BCUT2D eigenvalue weighted by Crippen LogP contribution is 2.43. The van der Waals surface area contributed by atoms with Crippen LogP contribution in [0.5, 0.6) is 0 Å². The van der Waals surface area contributed by atoms with E-state index in [0.29, 0.717) is 10.6 Å². The lowest BCUT2D eigenvalue weighted by Crippen LogP contribution is -2.45. The van der Waals surface area contributed by atoms with E-state index < -0.39 is 36.8 Å². The molecule has 0 amide bonds. The first kappa shape index (κ1) is 31.0. The van der Waals surface area contributed by atoms with Crippen molar-refractivity contribution in [2.45, 2.75) is 63.7 Å². The Labute approximate surface area is 250 Å². The van der Waals surface area contributed by atoms with Crippen molar-refractivity contribution in [2.75, 3.05) is 13.2 Å². The second-order valence-corrected chi connectivity index (χ2v) is 19.3. The predicted molar refractivity (Wildman–Crippen MR) is 170 cm³/mol. The molecule has 1 heterocycles. The Hall–Kier alpha value is -2.91. The highest BCUT2D eigenvalue weighted by atomic mass is 35.5. The van der Waals surface area contributed by atoms with E-state index in [-0.39, 0.29) is 16.5 Å². The Morgan fingerprint density at radius 1 is 1.00 bits per heavy atom. The quantitative estimate of drug-likeness (QED) is 0.143. The monoisotopic (exact) mass is 610 g/mol. The van der Waals surface area contributed by atoms with Gasteiger partial charge in [0.05, 0.1) is 17.5 Å². The molecule has 0 spiro atoms. The summed E-state index contributed by atoms with van der Waals surface area (Å²) < 4.78 is 37.8. The van der Waals surface area contributed by atoms with E-state index in [1.807, 2.05) is 37.3 Å². The first-order valence-electron chi connectivity index (χ1n) is 13.8. The van der Waals surface area contributed by atoms with Crippen LogP contribution in [0.15, 0.2) is 83.9 Å². The van der Waals surface area contributed by atoms with Crippen LogP contribution < -0.4 is 0 Å². The lowest BCUT2D eigenvalue weighted by Gasteiger charge is -2.38. The molecule has 0 fully saturated rings. The van der Waals surface area contributed by atoms with Crippen molar-refractivity contribution < 1.29 is 17.9 Å². The molecular weight excluding hydrogens is 572 g/mol. The van der Waals surface area contributed by atoms with Crippen molar-refractivity contribution in [1.29, 1.82) is 0 Å². The second-order valence-electron chi connectivity index (χ2n) is 11.9. The molecule has 4 aromatic rings. The van der Waals surface area contributed by atoms with E-state index in [1.54, 1.807) is 43.3 Å². The highest BCUT2D eigenvalue weighted by Gasteiger charge is 2.41. The number of hydrogen-bond donors (Lipinski definition) is 0. The second kappa shape index (κ2) is 11.8. The van der Waals surface area contributed by atoms with Crippen molar-refractivity contribution in [3.8, 4) is 0 Å². The Morgan fingerprint density at radius 3 is 2.20 bits per heavy atom. The Balaban J connectivity index is 2.06. The average molecular weight is 611 g/mol. The molecule has 0 saturated heterocycles. The third-order valence-electron chi connectivity index (χ3n) is 8.17. The van der Waals surface area contributed by atoms with E-state index in [9.17, 15) is 13.2 Å². The third kappa shape index (κ3) is 6.16. The number of hydrogen-bond acceptors (Lipinski definition) is 4. The normalized spacial score (nSPS) is 13.5. The van der Waals surface area contributed by atoms with E-state index in [4.69, 9.17) is 16.3 Å². The molecule has 1 atom stereocenters. The number of carbonyl (C=O) groups is 1. The summed E-state index contributed by atoms with van der Waals surface area (Å²) in [4.78, 5) is 13.1. The van der Waals surface area contributed by atoms with Gasteiger partial charge in [0, 0.05) is 22.1 Å². The number of esters is 1. The van der Waals surface area contributed by atoms with Gasteiger partial charge in [0.15, 0.2) is 8.24 Å². The fourth-order valence-electron chi connectivity index (χ4n) is 4.89. The Kier molecular flexibility index (Phi) is 8.90. The van der Waals surface area contributed by atoms with Crippen LogP contribution >= 0.6 is 11.6 Å². The number of carbonyl (C=O) groups excluding carboxylic acids is 1. The minimum Gasteiger partial charge on any atom is -0.465 e. The molecule has 41 heavy (non-hydrogen) atoms. The fraction of sp³-hybridized carbons (Fsp3) is 0.344. The molecule has 3 aromatic carbocycles. The molecule has 1 aromatic heterocycles. The van der Waals surface area contributed by atoms with Gasteiger partial charge in [-0.05, 0) is 60.3 Å². The molecule has 9 heteroatoms. The van der Waals surface area contributed by atoms with E-state index in [1.165, 1.54) is 4.31 Å². The Morgan fingerprint density at radius 2 is 1.61 bits per heavy atom. The summed E-state index contributed by atoms with van der Waals surface area (Å²) in [5.74, 6) is -0.615. The topological polar surface area (TPSA) is 68.6 Å². The molecule has 0 aliphatic rings. The van der Waals surface area contributed by atoms with Gasteiger partial charge in [-0.1, -0.05) is 93.5 Å². The maximum Gasteiger partial charge on any atom is 0.321 e. The van der Waals surface area contributed by atoms with Crippen LogP contribution in [0.2, 0.25) is 23.2 Å². The van der Waals surface area contributed by atoms with Crippen molar-refractivity contribution in [3.63, 3.8) is 0 Å². The van der Waals surface area contributed by atoms with Gasteiger partial charge in [0.1, 0.15) is 6.54 Å². The number of benzene rings is 3. The average Bonchev–Trinajstić information content (AvgIpc) is 3.29. The first-order chi connectivity index (χ1) is 19.2. The number of fused-ring (bicyclic) bond motifs is 1. The number of aromatic nitrogens is 1. The van der Waals surface area contributed by atoms with E-state index in [2.05, 4.69) is 50.4 Å². The maximum atomic E-state index is 14.4. The van der Waals surface area contributed by atoms with Gasteiger partial charge in [0.2, 0.25) is 10.0 Å². The minimum atomic E-state index is -4.16. The smallest absolute Gasteiger partial charge is 0.321 e. The highest BCUT2D eigenvalue weighted by molar-refractivity contribution is 7.89. The molecular formula is C32H39ClN2O4SSi. The molecule has 0 saturated carbocycles. The van der Waals surface area contributed by atoms with Crippen LogP contribution in [0, 0.1) is 6.92 Å². The first-order valence-corrected chi connectivity index (χ1v) is 18.5. The summed E-state index contributed by atoms with van der Waals surface area (Å²) >= 11 is 6.27. The predicted octanol–water partition coefficient (Wildman–Crippen LogP) is 7.80. The number of sulfonamides is 1. The van der Waals surface area contributed by atoms with Gasteiger partial charge in [-0.15, -0.1) is 0 Å². The largest absolute Gasteiger partial charge is 0.465 e. The van der Waals surface area contributed by atoms with Crippen LogP contribution in [0.4, 0.5) is 0 Å². The van der Waals surface area contributed by atoms with Crippen molar-refractivity contribution >= 4 is 46.7 Å².